The molecule has 0 bridgehead atoms. The second-order valence-corrected chi connectivity index (χ2v) is 7.05. The van der Waals surface area contributed by atoms with Gasteiger partial charge in [-0.1, -0.05) is 18.2 Å². The van der Waals surface area contributed by atoms with E-state index in [0.717, 1.165) is 24.3 Å². The number of carbonyl (C=O) groups is 2. The molecule has 3 aromatic rings. The van der Waals surface area contributed by atoms with Crippen molar-refractivity contribution in [2.75, 3.05) is 5.32 Å². The standard InChI is InChI=1S/C22H20F3N3O4/c1-13-18(20(30)28(27(13)3)17-7-5-4-6-8-17)26-19(29)14(2)32-21(31)15-9-11-16(12-10-15)22(23,24)25/h4-12,14H,1-3H3,(H,26,29)/t14-/m1/s1. The van der Waals surface area contributed by atoms with Crippen molar-refractivity contribution in [3.63, 3.8) is 0 Å². The normalized spacial score (nSPS) is 12.3. The fourth-order valence-corrected chi connectivity index (χ4v) is 3.01. The minimum atomic E-state index is -4.53. The number of halogens is 3. The van der Waals surface area contributed by atoms with Gasteiger partial charge in [0.25, 0.3) is 11.5 Å². The Morgan fingerprint density at radius 1 is 1.03 bits per heavy atom. The van der Waals surface area contributed by atoms with E-state index in [9.17, 15) is 27.6 Å². The zero-order valence-corrected chi connectivity index (χ0v) is 17.4. The SMILES string of the molecule is Cc1c(NC(=O)[C@@H](C)OC(=O)c2ccc(C(F)(F)F)cc2)c(=O)n(-c2ccccc2)n1C. The number of amides is 1. The van der Waals surface area contributed by atoms with Crippen molar-refractivity contribution in [2.24, 2.45) is 7.05 Å². The maximum absolute atomic E-state index is 12.9. The van der Waals surface area contributed by atoms with E-state index in [4.69, 9.17) is 4.74 Å². The molecule has 0 spiro atoms. The van der Waals surface area contributed by atoms with Crippen LogP contribution in [0.1, 0.15) is 28.5 Å². The van der Waals surface area contributed by atoms with Gasteiger partial charge in [0.1, 0.15) is 5.69 Å². The van der Waals surface area contributed by atoms with Gasteiger partial charge in [-0.2, -0.15) is 13.2 Å². The molecule has 168 valence electrons. The summed E-state index contributed by atoms with van der Waals surface area (Å²) in [5.41, 5.74) is -0.405. The van der Waals surface area contributed by atoms with Crippen molar-refractivity contribution in [3.8, 4) is 5.69 Å². The number of ether oxygens (including phenoxy) is 1. The van der Waals surface area contributed by atoms with Gasteiger partial charge in [0.2, 0.25) is 0 Å². The number of para-hydroxylation sites is 1. The quantitative estimate of drug-likeness (QED) is 0.605. The molecule has 0 unspecified atom stereocenters. The number of hydrogen-bond acceptors (Lipinski definition) is 4. The number of rotatable bonds is 5. The molecule has 1 amide bonds. The second-order valence-electron chi connectivity index (χ2n) is 7.05. The first-order valence-electron chi connectivity index (χ1n) is 9.54. The summed E-state index contributed by atoms with van der Waals surface area (Å²) in [6.45, 7) is 2.95. The summed E-state index contributed by atoms with van der Waals surface area (Å²) in [5.74, 6) is -1.72. The predicted molar refractivity (Wildman–Crippen MR) is 111 cm³/mol. The molecule has 32 heavy (non-hydrogen) atoms. The van der Waals surface area contributed by atoms with E-state index in [0.29, 0.717) is 11.4 Å². The molecule has 1 aromatic heterocycles. The van der Waals surface area contributed by atoms with Crippen molar-refractivity contribution in [1.29, 1.82) is 0 Å². The first kappa shape index (κ1) is 22.9. The van der Waals surface area contributed by atoms with Crippen LogP contribution >= 0.6 is 0 Å². The minimum absolute atomic E-state index is 0.0267. The van der Waals surface area contributed by atoms with Gasteiger partial charge >= 0.3 is 12.1 Å². The van der Waals surface area contributed by atoms with E-state index in [-0.39, 0.29) is 11.3 Å². The first-order valence-corrected chi connectivity index (χ1v) is 9.54. The topological polar surface area (TPSA) is 82.3 Å². The Kier molecular flexibility index (Phi) is 6.24. The Labute approximate surface area is 181 Å². The lowest BCUT2D eigenvalue weighted by Gasteiger charge is -2.13. The Balaban J connectivity index is 1.74. The predicted octanol–water partition coefficient (Wildman–Crippen LogP) is 3.69. The average molecular weight is 447 g/mol. The minimum Gasteiger partial charge on any atom is -0.449 e. The molecule has 0 saturated heterocycles. The molecule has 7 nitrogen and oxygen atoms in total. The third kappa shape index (κ3) is 4.58. The average Bonchev–Trinajstić information content (AvgIpc) is 2.96. The molecule has 1 heterocycles. The number of anilines is 1. The molecule has 1 N–H and O–H groups in total. The number of nitrogens with one attached hydrogen (secondary N) is 1. The van der Waals surface area contributed by atoms with Crippen molar-refractivity contribution >= 4 is 17.6 Å². The summed E-state index contributed by atoms with van der Waals surface area (Å²) in [7, 11) is 1.66. The molecular weight excluding hydrogens is 427 g/mol. The summed E-state index contributed by atoms with van der Waals surface area (Å²) >= 11 is 0. The highest BCUT2D eigenvalue weighted by Crippen LogP contribution is 2.29. The first-order chi connectivity index (χ1) is 15.0. The van der Waals surface area contributed by atoms with Gasteiger partial charge in [-0.25, -0.2) is 9.48 Å². The molecular formula is C22H20F3N3O4. The molecule has 0 aliphatic heterocycles. The van der Waals surface area contributed by atoms with Crippen LogP contribution in [0.25, 0.3) is 5.69 Å². The van der Waals surface area contributed by atoms with E-state index < -0.39 is 35.3 Å². The van der Waals surface area contributed by atoms with Gasteiger partial charge < -0.3 is 10.1 Å². The lowest BCUT2D eigenvalue weighted by Crippen LogP contribution is -2.32. The Morgan fingerprint density at radius 3 is 2.19 bits per heavy atom. The van der Waals surface area contributed by atoms with Crippen LogP contribution in [0.15, 0.2) is 59.4 Å². The zero-order valence-electron chi connectivity index (χ0n) is 17.4. The van der Waals surface area contributed by atoms with E-state index in [1.807, 2.05) is 0 Å². The molecule has 0 radical (unpaired) electrons. The van der Waals surface area contributed by atoms with Crippen LogP contribution in [0.4, 0.5) is 18.9 Å². The maximum Gasteiger partial charge on any atom is 0.416 e. The number of alkyl halides is 3. The van der Waals surface area contributed by atoms with E-state index in [1.54, 1.807) is 49.0 Å². The van der Waals surface area contributed by atoms with Crippen molar-refractivity contribution < 1.29 is 27.5 Å². The smallest absolute Gasteiger partial charge is 0.416 e. The van der Waals surface area contributed by atoms with Crippen molar-refractivity contribution in [2.45, 2.75) is 26.1 Å². The monoisotopic (exact) mass is 447 g/mol. The molecule has 1 atom stereocenters. The van der Waals surface area contributed by atoms with Crippen LogP contribution in [-0.4, -0.2) is 27.3 Å². The van der Waals surface area contributed by atoms with E-state index in [2.05, 4.69) is 5.32 Å². The van der Waals surface area contributed by atoms with Gasteiger partial charge in [-0.05, 0) is 50.2 Å². The van der Waals surface area contributed by atoms with Crippen LogP contribution in [0.3, 0.4) is 0 Å². The van der Waals surface area contributed by atoms with Crippen LogP contribution in [0, 0.1) is 6.92 Å². The number of esters is 1. The number of aromatic nitrogens is 2. The third-order valence-electron chi connectivity index (χ3n) is 4.90. The lowest BCUT2D eigenvalue weighted by atomic mass is 10.1. The zero-order chi connectivity index (χ0) is 23.6. The third-order valence-corrected chi connectivity index (χ3v) is 4.90. The molecule has 0 aliphatic rings. The highest BCUT2D eigenvalue weighted by molar-refractivity contribution is 5.97. The Bertz CT molecular complexity index is 1200. The molecule has 2 aromatic carbocycles. The fraction of sp³-hybridized carbons (Fsp3) is 0.227. The van der Waals surface area contributed by atoms with Crippen molar-refractivity contribution in [3.05, 3.63) is 81.8 Å². The lowest BCUT2D eigenvalue weighted by molar-refractivity contribution is -0.137. The van der Waals surface area contributed by atoms with E-state index >= 15 is 0 Å². The second kappa shape index (κ2) is 8.74. The molecule has 0 aliphatic carbocycles. The highest BCUT2D eigenvalue weighted by Gasteiger charge is 2.30. The molecule has 10 heteroatoms. The van der Waals surface area contributed by atoms with E-state index in [1.165, 1.54) is 11.6 Å². The number of nitrogens with zero attached hydrogens (tertiary/aromatic N) is 2. The van der Waals surface area contributed by atoms with Crippen LogP contribution in [0.2, 0.25) is 0 Å². The van der Waals surface area contributed by atoms with Crippen LogP contribution in [0.5, 0.6) is 0 Å². The summed E-state index contributed by atoms with van der Waals surface area (Å²) in [5, 5.41) is 2.48. The van der Waals surface area contributed by atoms with Gasteiger partial charge in [-0.3, -0.25) is 14.3 Å². The summed E-state index contributed by atoms with van der Waals surface area (Å²) in [6.07, 6.45) is -5.83. The number of carbonyl (C=O) groups excluding carboxylic acids is 2. The Morgan fingerprint density at radius 2 is 1.62 bits per heavy atom. The van der Waals surface area contributed by atoms with Gasteiger partial charge in [0.15, 0.2) is 6.10 Å². The summed E-state index contributed by atoms with van der Waals surface area (Å²) in [4.78, 5) is 37.6. The highest BCUT2D eigenvalue weighted by atomic mass is 19.4. The molecule has 0 fully saturated rings. The number of benzene rings is 2. The van der Waals surface area contributed by atoms with Gasteiger partial charge in [-0.15, -0.1) is 0 Å². The number of hydrogen-bond donors (Lipinski definition) is 1. The largest absolute Gasteiger partial charge is 0.449 e. The van der Waals surface area contributed by atoms with Gasteiger partial charge in [0.05, 0.1) is 22.5 Å². The van der Waals surface area contributed by atoms with Crippen LogP contribution < -0.4 is 10.9 Å². The Hall–Kier alpha value is -3.82. The summed E-state index contributed by atoms with van der Waals surface area (Å²) in [6, 6.07) is 12.3. The molecule has 3 rings (SSSR count). The van der Waals surface area contributed by atoms with Crippen LogP contribution in [-0.2, 0) is 22.8 Å². The summed E-state index contributed by atoms with van der Waals surface area (Å²) < 4.78 is 46.0. The van der Waals surface area contributed by atoms with Gasteiger partial charge in [0, 0.05) is 7.05 Å². The molecule has 0 saturated carbocycles. The maximum atomic E-state index is 12.9. The van der Waals surface area contributed by atoms with Crippen molar-refractivity contribution in [1.82, 2.24) is 9.36 Å². The fourth-order valence-electron chi connectivity index (χ4n) is 3.01.